The first-order chi connectivity index (χ1) is 48.1. The number of phosphoric acid groups is 2. The molecule has 17 nitrogen and oxygen atoms in total. The van der Waals surface area contributed by atoms with Crippen LogP contribution in [-0.4, -0.2) is 96.7 Å². The van der Waals surface area contributed by atoms with Crippen LogP contribution in [-0.2, 0) is 65.4 Å². The Morgan fingerprint density at radius 3 is 0.620 bits per heavy atom. The van der Waals surface area contributed by atoms with Crippen LogP contribution in [0.5, 0.6) is 0 Å². The van der Waals surface area contributed by atoms with Crippen molar-refractivity contribution in [2.24, 2.45) is 23.7 Å². The molecule has 3 unspecified atom stereocenters. The number of unbranched alkanes of at least 4 members (excludes halogenated alkanes) is 44. The zero-order valence-electron chi connectivity index (χ0n) is 65.8. The van der Waals surface area contributed by atoms with Gasteiger partial charge in [0.15, 0.2) is 12.2 Å². The molecule has 594 valence electrons. The predicted octanol–water partition coefficient (Wildman–Crippen LogP) is 24.0. The van der Waals surface area contributed by atoms with Crippen molar-refractivity contribution in [3.8, 4) is 0 Å². The van der Waals surface area contributed by atoms with E-state index in [4.69, 9.17) is 37.0 Å². The van der Waals surface area contributed by atoms with Gasteiger partial charge in [-0.1, -0.05) is 364 Å². The molecule has 0 saturated heterocycles. The number of esters is 4. The SMILES string of the molecule is CC(C)CCCCCCCCCCCCCCCCCCCCC(=O)OC[C@H](COP(=O)(O)OCC(O)COP(=O)(O)OC[C@@H](COC(=O)CCCCCCCCCC(C)C)OC(=O)CCCCCCCCCCCCCCCCC(C)C)OC(=O)CCCCCCCCCCCC(C)C. The third kappa shape index (κ3) is 74.3. The van der Waals surface area contributed by atoms with Gasteiger partial charge in [-0.25, -0.2) is 9.13 Å². The molecule has 0 aliphatic rings. The van der Waals surface area contributed by atoms with Crippen LogP contribution in [0.2, 0.25) is 0 Å². The molecule has 0 fully saturated rings. The van der Waals surface area contributed by atoms with Gasteiger partial charge in [0.25, 0.3) is 0 Å². The minimum atomic E-state index is -4.96. The van der Waals surface area contributed by atoms with Gasteiger partial charge < -0.3 is 33.8 Å². The second-order valence-electron chi connectivity index (χ2n) is 31.1. The molecule has 19 heteroatoms. The monoisotopic (exact) mass is 1470 g/mol. The Bertz CT molecular complexity index is 1950. The summed E-state index contributed by atoms with van der Waals surface area (Å²) in [6.45, 7) is 14.2. The topological polar surface area (TPSA) is 237 Å². The molecule has 0 aliphatic carbocycles. The Hall–Kier alpha value is -1.94. The molecule has 100 heavy (non-hydrogen) atoms. The first-order valence-electron chi connectivity index (χ1n) is 41.7. The highest BCUT2D eigenvalue weighted by molar-refractivity contribution is 7.47. The normalized spacial score (nSPS) is 14.0. The molecular weight excluding hydrogens is 1310 g/mol. The lowest BCUT2D eigenvalue weighted by atomic mass is 10.0. The van der Waals surface area contributed by atoms with Crippen LogP contribution < -0.4 is 0 Å². The largest absolute Gasteiger partial charge is 0.472 e. The third-order valence-electron chi connectivity index (χ3n) is 18.8. The van der Waals surface area contributed by atoms with Crippen molar-refractivity contribution in [3.63, 3.8) is 0 Å². The molecule has 0 aromatic carbocycles. The summed E-state index contributed by atoms with van der Waals surface area (Å²) < 4.78 is 68.7. The van der Waals surface area contributed by atoms with E-state index in [-0.39, 0.29) is 25.7 Å². The van der Waals surface area contributed by atoms with E-state index in [1.54, 1.807) is 0 Å². The molecule has 0 heterocycles. The van der Waals surface area contributed by atoms with E-state index >= 15 is 0 Å². The first-order valence-corrected chi connectivity index (χ1v) is 44.7. The molecule has 0 aromatic rings. The number of hydrogen-bond donors (Lipinski definition) is 3. The third-order valence-corrected chi connectivity index (χ3v) is 20.7. The number of ether oxygens (including phenoxy) is 4. The van der Waals surface area contributed by atoms with Gasteiger partial charge in [0.05, 0.1) is 26.4 Å². The average molecular weight is 1470 g/mol. The van der Waals surface area contributed by atoms with Gasteiger partial charge in [-0.15, -0.1) is 0 Å². The van der Waals surface area contributed by atoms with E-state index in [0.717, 1.165) is 114 Å². The quantitative estimate of drug-likeness (QED) is 0.0222. The smallest absolute Gasteiger partial charge is 0.462 e. The van der Waals surface area contributed by atoms with Crippen LogP contribution in [0.3, 0.4) is 0 Å². The Morgan fingerprint density at radius 1 is 0.250 bits per heavy atom. The van der Waals surface area contributed by atoms with Crippen molar-refractivity contribution < 1.29 is 80.2 Å². The molecule has 5 atom stereocenters. The molecule has 0 aliphatic heterocycles. The number of carbonyl (C=O) groups excluding carboxylic acids is 4. The van der Waals surface area contributed by atoms with Crippen molar-refractivity contribution in [1.82, 2.24) is 0 Å². The van der Waals surface area contributed by atoms with E-state index in [2.05, 4.69) is 55.4 Å². The van der Waals surface area contributed by atoms with Gasteiger partial charge in [-0.2, -0.15) is 0 Å². The Kier molecular flexibility index (Phi) is 68.7. The second-order valence-corrected chi connectivity index (χ2v) is 34.0. The standard InChI is InChI=1S/C81H158O17P2/c1-71(2)57-49-41-33-26-21-17-13-11-9-10-12-14-19-23-29-37-45-53-61-78(83)91-67-76(98-81(86)64-56-48-39-31-25-28-35-43-51-59-73(5)6)69-95-99(87,88)93-65-75(82)66-94-100(89,90)96-70-77(68-92-79(84)62-54-46-40-32-36-44-52-60-74(7)8)97-80(85)63-55-47-38-30-24-20-16-15-18-22-27-34-42-50-58-72(3)4/h71-77,82H,9-70H2,1-8H3,(H,87,88)(H,89,90)/t75?,76-,77-/m1/s1. The van der Waals surface area contributed by atoms with Crippen LogP contribution in [0.15, 0.2) is 0 Å². The highest BCUT2D eigenvalue weighted by Gasteiger charge is 2.30. The summed E-state index contributed by atoms with van der Waals surface area (Å²) >= 11 is 0. The van der Waals surface area contributed by atoms with Crippen molar-refractivity contribution in [2.75, 3.05) is 39.6 Å². The van der Waals surface area contributed by atoms with Crippen LogP contribution in [0, 0.1) is 23.7 Å². The van der Waals surface area contributed by atoms with Crippen LogP contribution in [0.1, 0.15) is 415 Å². The Morgan fingerprint density at radius 2 is 0.420 bits per heavy atom. The summed E-state index contributed by atoms with van der Waals surface area (Å²) in [5.74, 6) is 0.943. The predicted molar refractivity (Wildman–Crippen MR) is 409 cm³/mol. The maximum Gasteiger partial charge on any atom is 0.472 e. The van der Waals surface area contributed by atoms with Crippen molar-refractivity contribution in [3.05, 3.63) is 0 Å². The number of hydrogen-bond acceptors (Lipinski definition) is 15. The molecule has 0 radical (unpaired) electrons. The lowest BCUT2D eigenvalue weighted by Gasteiger charge is -2.21. The number of phosphoric ester groups is 2. The van der Waals surface area contributed by atoms with Gasteiger partial charge in [0.2, 0.25) is 0 Å². The Balaban J connectivity index is 5.18. The van der Waals surface area contributed by atoms with Crippen molar-refractivity contribution >= 4 is 39.5 Å². The fraction of sp³-hybridized carbons (Fsp3) is 0.951. The molecule has 0 spiro atoms. The maximum absolute atomic E-state index is 13.1. The number of aliphatic hydroxyl groups is 1. The fourth-order valence-electron chi connectivity index (χ4n) is 12.4. The van der Waals surface area contributed by atoms with Gasteiger partial charge in [0, 0.05) is 25.7 Å². The minimum absolute atomic E-state index is 0.105. The summed E-state index contributed by atoms with van der Waals surface area (Å²) in [7, 11) is -9.92. The van der Waals surface area contributed by atoms with Crippen LogP contribution >= 0.6 is 15.6 Å². The van der Waals surface area contributed by atoms with Gasteiger partial charge in [0.1, 0.15) is 19.3 Å². The summed E-state index contributed by atoms with van der Waals surface area (Å²) in [5, 5.41) is 10.6. The highest BCUT2D eigenvalue weighted by atomic mass is 31.2. The van der Waals surface area contributed by atoms with Gasteiger partial charge in [-0.3, -0.25) is 37.3 Å². The van der Waals surface area contributed by atoms with E-state index in [0.29, 0.717) is 31.6 Å². The zero-order chi connectivity index (χ0) is 73.8. The Labute approximate surface area is 613 Å². The van der Waals surface area contributed by atoms with E-state index in [9.17, 15) is 43.2 Å². The summed E-state index contributed by atoms with van der Waals surface area (Å²) in [6.07, 6.45) is 57.1. The van der Waals surface area contributed by atoms with E-state index in [1.165, 1.54) is 212 Å². The van der Waals surface area contributed by atoms with Crippen molar-refractivity contribution in [1.29, 1.82) is 0 Å². The lowest BCUT2D eigenvalue weighted by Crippen LogP contribution is -2.30. The van der Waals surface area contributed by atoms with Crippen molar-refractivity contribution in [2.45, 2.75) is 433 Å². The molecule has 0 bridgehead atoms. The molecule has 3 N–H and O–H groups in total. The van der Waals surface area contributed by atoms with Crippen LogP contribution in [0.4, 0.5) is 0 Å². The van der Waals surface area contributed by atoms with E-state index in [1.807, 2.05) is 0 Å². The van der Waals surface area contributed by atoms with Crippen LogP contribution in [0.25, 0.3) is 0 Å². The van der Waals surface area contributed by atoms with Gasteiger partial charge in [-0.05, 0) is 49.4 Å². The second kappa shape index (κ2) is 70.1. The van der Waals surface area contributed by atoms with E-state index < -0.39 is 97.5 Å². The summed E-state index contributed by atoms with van der Waals surface area (Å²) in [6, 6.07) is 0. The summed E-state index contributed by atoms with van der Waals surface area (Å²) in [4.78, 5) is 73.0. The highest BCUT2D eigenvalue weighted by Crippen LogP contribution is 2.45. The number of carbonyl (C=O) groups is 4. The lowest BCUT2D eigenvalue weighted by molar-refractivity contribution is -0.161. The first kappa shape index (κ1) is 98.1. The maximum atomic E-state index is 13.1. The molecule has 0 amide bonds. The molecule has 0 aromatic heterocycles. The summed E-state index contributed by atoms with van der Waals surface area (Å²) in [5.41, 5.74) is 0. The zero-order valence-corrected chi connectivity index (χ0v) is 67.6. The van der Waals surface area contributed by atoms with Gasteiger partial charge >= 0.3 is 39.5 Å². The fourth-order valence-corrected chi connectivity index (χ4v) is 14.0. The average Bonchev–Trinajstić information content (AvgIpc) is 0.974. The number of aliphatic hydroxyl groups excluding tert-OH is 1. The molecule has 0 rings (SSSR count). The minimum Gasteiger partial charge on any atom is -0.462 e. The number of rotatable bonds is 78. The molecular formula is C81H158O17P2. The molecule has 0 saturated carbocycles.